The molecule has 0 saturated carbocycles. The number of nitrogens with zero attached hydrogens (tertiary/aromatic N) is 1. The molecule has 1 aliphatic rings. The van der Waals surface area contributed by atoms with Crippen molar-refractivity contribution in [2.45, 2.75) is 12.6 Å². The first-order chi connectivity index (χ1) is 15.5. The van der Waals surface area contributed by atoms with Crippen LogP contribution in [0.15, 0.2) is 69.1 Å². The Morgan fingerprint density at radius 1 is 1.03 bits per heavy atom. The van der Waals surface area contributed by atoms with Crippen molar-refractivity contribution >= 4 is 11.7 Å². The topological polar surface area (TPSA) is 112 Å². The summed E-state index contributed by atoms with van der Waals surface area (Å²) < 4.78 is 26.9. The third-order valence-electron chi connectivity index (χ3n) is 5.20. The van der Waals surface area contributed by atoms with Crippen LogP contribution in [0.3, 0.4) is 0 Å². The standard InChI is InChI=1S/C23H21NO8/c1-28-16-10-13(11-17(29-2)22(16)30-3)19-18(20(25)15-7-5-9-32-15)21(26)23(27)24(19)12-14-6-4-8-31-14/h4-11,19,26H,12H2,1-3H3. The summed E-state index contributed by atoms with van der Waals surface area (Å²) in [6.07, 6.45) is 2.82. The fourth-order valence-corrected chi connectivity index (χ4v) is 3.77. The third-order valence-corrected chi connectivity index (χ3v) is 5.20. The van der Waals surface area contributed by atoms with E-state index in [4.69, 9.17) is 23.0 Å². The summed E-state index contributed by atoms with van der Waals surface area (Å²) in [6.45, 7) is 0.0200. The van der Waals surface area contributed by atoms with Crippen LogP contribution in [0, 0.1) is 0 Å². The fraction of sp³-hybridized carbons (Fsp3) is 0.217. The van der Waals surface area contributed by atoms with Gasteiger partial charge in [0.1, 0.15) is 5.76 Å². The van der Waals surface area contributed by atoms with Crippen molar-refractivity contribution in [3.8, 4) is 17.2 Å². The van der Waals surface area contributed by atoms with E-state index in [2.05, 4.69) is 0 Å². The Bertz CT molecular complexity index is 1140. The molecule has 3 aromatic rings. The van der Waals surface area contributed by atoms with Crippen molar-refractivity contribution in [3.63, 3.8) is 0 Å². The number of carbonyl (C=O) groups is 2. The van der Waals surface area contributed by atoms with Gasteiger partial charge in [-0.3, -0.25) is 9.59 Å². The monoisotopic (exact) mass is 439 g/mol. The molecule has 1 aromatic carbocycles. The highest BCUT2D eigenvalue weighted by molar-refractivity contribution is 6.15. The minimum Gasteiger partial charge on any atom is -0.503 e. The smallest absolute Gasteiger partial charge is 0.290 e. The second-order valence-corrected chi connectivity index (χ2v) is 6.94. The van der Waals surface area contributed by atoms with E-state index in [1.54, 1.807) is 30.3 Å². The number of Topliss-reactive ketones (excluding diaryl/α,β-unsaturated/α-hetero) is 1. The molecule has 166 valence electrons. The van der Waals surface area contributed by atoms with Crippen LogP contribution in [-0.4, -0.2) is 43.0 Å². The van der Waals surface area contributed by atoms with Gasteiger partial charge in [-0.25, -0.2) is 0 Å². The predicted octanol–water partition coefficient (Wildman–Crippen LogP) is 3.68. The molecular formula is C23H21NO8. The molecule has 3 heterocycles. The van der Waals surface area contributed by atoms with Crippen molar-refractivity contribution in [2.24, 2.45) is 0 Å². The van der Waals surface area contributed by atoms with Crippen molar-refractivity contribution < 1.29 is 37.7 Å². The van der Waals surface area contributed by atoms with Gasteiger partial charge in [0.15, 0.2) is 23.0 Å². The number of amides is 1. The summed E-state index contributed by atoms with van der Waals surface area (Å²) >= 11 is 0. The van der Waals surface area contributed by atoms with Gasteiger partial charge in [-0.1, -0.05) is 0 Å². The maximum Gasteiger partial charge on any atom is 0.290 e. The van der Waals surface area contributed by atoms with Gasteiger partial charge in [-0.2, -0.15) is 0 Å². The van der Waals surface area contributed by atoms with Gasteiger partial charge in [0, 0.05) is 0 Å². The van der Waals surface area contributed by atoms with E-state index >= 15 is 0 Å². The molecule has 1 aliphatic heterocycles. The van der Waals surface area contributed by atoms with Crippen LogP contribution in [-0.2, 0) is 11.3 Å². The molecule has 0 fully saturated rings. The van der Waals surface area contributed by atoms with E-state index in [0.29, 0.717) is 28.6 Å². The van der Waals surface area contributed by atoms with E-state index in [1.807, 2.05) is 0 Å². The van der Waals surface area contributed by atoms with Crippen LogP contribution in [0.2, 0.25) is 0 Å². The summed E-state index contributed by atoms with van der Waals surface area (Å²) in [6, 6.07) is 8.70. The molecule has 32 heavy (non-hydrogen) atoms. The second-order valence-electron chi connectivity index (χ2n) is 6.94. The Labute approximate surface area is 183 Å². The highest BCUT2D eigenvalue weighted by Crippen LogP contribution is 2.46. The number of hydrogen-bond donors (Lipinski definition) is 1. The molecule has 0 spiro atoms. The lowest BCUT2D eigenvalue weighted by Crippen LogP contribution is -2.30. The Balaban J connectivity index is 1.88. The normalized spacial score (nSPS) is 15.9. The molecule has 1 atom stereocenters. The number of carbonyl (C=O) groups excluding carboxylic acids is 2. The molecular weight excluding hydrogens is 418 g/mol. The van der Waals surface area contributed by atoms with Crippen molar-refractivity contribution in [1.82, 2.24) is 4.90 Å². The van der Waals surface area contributed by atoms with Crippen molar-refractivity contribution in [1.29, 1.82) is 0 Å². The highest BCUT2D eigenvalue weighted by atomic mass is 16.5. The lowest BCUT2D eigenvalue weighted by atomic mass is 9.94. The molecule has 0 aliphatic carbocycles. The minimum absolute atomic E-state index is 0.00311. The first-order valence-electron chi connectivity index (χ1n) is 9.64. The van der Waals surface area contributed by atoms with Crippen LogP contribution in [0.1, 0.15) is 27.9 Å². The highest BCUT2D eigenvalue weighted by Gasteiger charge is 2.45. The Morgan fingerprint density at radius 2 is 1.69 bits per heavy atom. The molecule has 0 bridgehead atoms. The molecule has 0 radical (unpaired) electrons. The maximum atomic E-state index is 13.2. The molecule has 9 nitrogen and oxygen atoms in total. The summed E-state index contributed by atoms with van der Waals surface area (Å²) in [5.74, 6) is -0.472. The summed E-state index contributed by atoms with van der Waals surface area (Å²) in [5, 5.41) is 10.7. The van der Waals surface area contributed by atoms with Gasteiger partial charge in [0.05, 0.1) is 52.0 Å². The molecule has 1 unspecified atom stereocenters. The van der Waals surface area contributed by atoms with Crippen LogP contribution in [0.25, 0.3) is 0 Å². The number of rotatable bonds is 8. The summed E-state index contributed by atoms with van der Waals surface area (Å²) in [5.41, 5.74) is 0.351. The zero-order valence-electron chi connectivity index (χ0n) is 17.7. The first kappa shape index (κ1) is 21.1. The number of aliphatic hydroxyl groups excluding tert-OH is 1. The zero-order chi connectivity index (χ0) is 22.8. The third kappa shape index (κ3) is 3.47. The molecule has 1 N–H and O–H groups in total. The lowest BCUT2D eigenvalue weighted by molar-refractivity contribution is -0.130. The second kappa shape index (κ2) is 8.54. The van der Waals surface area contributed by atoms with E-state index in [-0.39, 0.29) is 17.9 Å². The van der Waals surface area contributed by atoms with Crippen molar-refractivity contribution in [3.05, 3.63) is 77.3 Å². The Morgan fingerprint density at radius 3 is 2.22 bits per heavy atom. The number of benzene rings is 1. The van der Waals surface area contributed by atoms with Gasteiger partial charge in [0.25, 0.3) is 5.91 Å². The number of aliphatic hydroxyl groups is 1. The minimum atomic E-state index is -0.959. The summed E-state index contributed by atoms with van der Waals surface area (Å²) in [4.78, 5) is 27.6. The number of ketones is 1. The number of methoxy groups -OCH3 is 3. The Hall–Kier alpha value is -4.14. The lowest BCUT2D eigenvalue weighted by Gasteiger charge is -2.27. The number of furan rings is 2. The van der Waals surface area contributed by atoms with Crippen LogP contribution < -0.4 is 14.2 Å². The van der Waals surface area contributed by atoms with E-state index < -0.39 is 23.5 Å². The number of ether oxygens (including phenoxy) is 3. The first-order valence-corrected chi connectivity index (χ1v) is 9.64. The summed E-state index contributed by atoms with van der Waals surface area (Å²) in [7, 11) is 4.40. The molecule has 1 amide bonds. The van der Waals surface area contributed by atoms with Crippen LogP contribution in [0.4, 0.5) is 0 Å². The van der Waals surface area contributed by atoms with E-state index in [9.17, 15) is 14.7 Å². The largest absolute Gasteiger partial charge is 0.503 e. The molecule has 2 aromatic heterocycles. The predicted molar refractivity (Wildman–Crippen MR) is 111 cm³/mol. The maximum absolute atomic E-state index is 13.2. The van der Waals surface area contributed by atoms with Gasteiger partial charge in [0.2, 0.25) is 11.5 Å². The molecule has 9 heteroatoms. The SMILES string of the molecule is COc1cc(C2C(C(=O)c3ccco3)=C(O)C(=O)N2Cc2ccco2)cc(OC)c1OC. The molecule has 4 rings (SSSR count). The van der Waals surface area contributed by atoms with Crippen LogP contribution in [0.5, 0.6) is 17.2 Å². The van der Waals surface area contributed by atoms with Gasteiger partial charge in [-0.15, -0.1) is 0 Å². The average Bonchev–Trinajstić information content (AvgIpc) is 3.57. The van der Waals surface area contributed by atoms with Crippen molar-refractivity contribution in [2.75, 3.05) is 21.3 Å². The van der Waals surface area contributed by atoms with E-state index in [1.165, 1.54) is 44.8 Å². The average molecular weight is 439 g/mol. The van der Waals surface area contributed by atoms with E-state index in [0.717, 1.165) is 0 Å². The fourth-order valence-electron chi connectivity index (χ4n) is 3.77. The zero-order valence-corrected chi connectivity index (χ0v) is 17.7. The van der Waals surface area contributed by atoms with Gasteiger partial charge < -0.3 is 33.1 Å². The van der Waals surface area contributed by atoms with Gasteiger partial charge in [-0.05, 0) is 42.0 Å². The van der Waals surface area contributed by atoms with Crippen LogP contribution >= 0.6 is 0 Å². The quantitative estimate of drug-likeness (QED) is 0.529. The Kier molecular flexibility index (Phi) is 5.63. The molecule has 0 saturated heterocycles. The number of hydrogen-bond acceptors (Lipinski definition) is 8. The van der Waals surface area contributed by atoms with Gasteiger partial charge >= 0.3 is 0 Å².